The van der Waals surface area contributed by atoms with Crippen molar-refractivity contribution in [2.75, 3.05) is 18.4 Å². The highest BCUT2D eigenvalue weighted by atomic mass is 32.1. The minimum absolute atomic E-state index is 0.470. The molecule has 96 valence electrons. The maximum Gasteiger partial charge on any atom is 0.124 e. The molecule has 3 heterocycles. The van der Waals surface area contributed by atoms with Gasteiger partial charge in [-0.05, 0) is 0 Å². The standard InChI is InChI=1S/C11H16N6S/c12-3-11-16-8(7-18-11)4-14-10-1-2-15-17(10)9-5-13-6-9/h1-2,7,9,13-14H,3-6,12H2. The van der Waals surface area contributed by atoms with Gasteiger partial charge in [-0.25, -0.2) is 9.67 Å². The van der Waals surface area contributed by atoms with Crippen molar-refractivity contribution in [1.82, 2.24) is 20.1 Å². The van der Waals surface area contributed by atoms with Gasteiger partial charge in [0.2, 0.25) is 0 Å². The van der Waals surface area contributed by atoms with Crippen molar-refractivity contribution in [3.8, 4) is 0 Å². The van der Waals surface area contributed by atoms with Crippen LogP contribution in [0.5, 0.6) is 0 Å². The molecule has 0 amide bonds. The first-order valence-corrected chi connectivity index (χ1v) is 6.86. The van der Waals surface area contributed by atoms with Crippen LogP contribution in [0.25, 0.3) is 0 Å². The Hall–Kier alpha value is -1.44. The largest absolute Gasteiger partial charge is 0.365 e. The van der Waals surface area contributed by atoms with Crippen molar-refractivity contribution < 1.29 is 0 Å². The zero-order valence-corrected chi connectivity index (χ0v) is 10.8. The average molecular weight is 264 g/mol. The maximum atomic E-state index is 5.55. The summed E-state index contributed by atoms with van der Waals surface area (Å²) >= 11 is 1.60. The van der Waals surface area contributed by atoms with E-state index in [0.717, 1.165) is 29.6 Å². The lowest BCUT2D eigenvalue weighted by molar-refractivity contribution is 0.321. The van der Waals surface area contributed by atoms with E-state index in [1.165, 1.54) is 0 Å². The van der Waals surface area contributed by atoms with Gasteiger partial charge in [-0.3, -0.25) is 0 Å². The first-order chi connectivity index (χ1) is 8.86. The molecule has 18 heavy (non-hydrogen) atoms. The zero-order chi connectivity index (χ0) is 12.4. The van der Waals surface area contributed by atoms with Gasteiger partial charge in [0.25, 0.3) is 0 Å². The number of nitrogens with one attached hydrogen (secondary N) is 2. The Morgan fingerprint density at radius 3 is 3.11 bits per heavy atom. The number of nitrogens with zero attached hydrogens (tertiary/aromatic N) is 3. The molecule has 0 aromatic carbocycles. The molecule has 0 atom stereocenters. The molecule has 2 aromatic heterocycles. The molecule has 3 rings (SSSR count). The number of anilines is 1. The van der Waals surface area contributed by atoms with Crippen LogP contribution in [0.3, 0.4) is 0 Å². The lowest BCUT2D eigenvalue weighted by atomic mass is 10.2. The van der Waals surface area contributed by atoms with E-state index in [4.69, 9.17) is 5.73 Å². The third-order valence-electron chi connectivity index (χ3n) is 3.00. The minimum Gasteiger partial charge on any atom is -0.365 e. The summed E-state index contributed by atoms with van der Waals surface area (Å²) in [5.74, 6) is 1.05. The third-order valence-corrected chi connectivity index (χ3v) is 3.92. The highest BCUT2D eigenvalue weighted by molar-refractivity contribution is 7.09. The average Bonchev–Trinajstić information content (AvgIpc) is 2.93. The lowest BCUT2D eigenvalue weighted by Crippen LogP contribution is -2.44. The molecule has 2 aromatic rings. The number of rotatable bonds is 5. The summed E-state index contributed by atoms with van der Waals surface area (Å²) in [6.07, 6.45) is 1.83. The van der Waals surface area contributed by atoms with Crippen molar-refractivity contribution in [3.63, 3.8) is 0 Å². The van der Waals surface area contributed by atoms with Gasteiger partial charge in [0.05, 0.1) is 24.5 Å². The van der Waals surface area contributed by atoms with Gasteiger partial charge in [0, 0.05) is 31.1 Å². The minimum atomic E-state index is 0.470. The molecule has 0 aliphatic carbocycles. The molecule has 0 unspecified atom stereocenters. The monoisotopic (exact) mass is 264 g/mol. The van der Waals surface area contributed by atoms with E-state index in [2.05, 4.69) is 20.7 Å². The number of thiazole rings is 1. The summed E-state index contributed by atoms with van der Waals surface area (Å²) in [6.45, 7) is 3.20. The van der Waals surface area contributed by atoms with E-state index in [1.54, 1.807) is 11.3 Å². The van der Waals surface area contributed by atoms with Gasteiger partial charge in [-0.1, -0.05) is 0 Å². The summed E-state index contributed by atoms with van der Waals surface area (Å²) in [5.41, 5.74) is 6.58. The summed E-state index contributed by atoms with van der Waals surface area (Å²) in [6, 6.07) is 2.46. The summed E-state index contributed by atoms with van der Waals surface area (Å²) in [4.78, 5) is 4.43. The predicted molar refractivity (Wildman–Crippen MR) is 71.5 cm³/mol. The highest BCUT2D eigenvalue weighted by Gasteiger charge is 2.21. The topological polar surface area (TPSA) is 80.8 Å². The lowest BCUT2D eigenvalue weighted by Gasteiger charge is -2.28. The smallest absolute Gasteiger partial charge is 0.124 e. The van der Waals surface area contributed by atoms with Crippen LogP contribution in [0.4, 0.5) is 5.82 Å². The van der Waals surface area contributed by atoms with Crippen LogP contribution in [0, 0.1) is 0 Å². The Morgan fingerprint density at radius 2 is 2.44 bits per heavy atom. The van der Waals surface area contributed by atoms with Gasteiger partial charge in [-0.2, -0.15) is 5.10 Å². The predicted octanol–water partition coefficient (Wildman–Crippen LogP) is 0.555. The van der Waals surface area contributed by atoms with Gasteiger partial charge in [0.1, 0.15) is 10.8 Å². The second-order valence-electron chi connectivity index (χ2n) is 4.26. The van der Waals surface area contributed by atoms with Crippen LogP contribution in [0.2, 0.25) is 0 Å². The fourth-order valence-corrected chi connectivity index (χ4v) is 2.57. The molecular formula is C11H16N6S. The normalized spacial score (nSPS) is 15.6. The van der Waals surface area contributed by atoms with Crippen LogP contribution in [0.15, 0.2) is 17.6 Å². The zero-order valence-electron chi connectivity index (χ0n) is 9.97. The molecule has 0 bridgehead atoms. The first kappa shape index (κ1) is 11.6. The number of hydrogen-bond donors (Lipinski definition) is 3. The fourth-order valence-electron chi connectivity index (χ4n) is 1.90. The van der Waals surface area contributed by atoms with Gasteiger partial charge >= 0.3 is 0 Å². The van der Waals surface area contributed by atoms with E-state index in [0.29, 0.717) is 19.1 Å². The van der Waals surface area contributed by atoms with E-state index in [9.17, 15) is 0 Å². The molecule has 7 heteroatoms. The van der Waals surface area contributed by atoms with Crippen LogP contribution in [-0.4, -0.2) is 27.9 Å². The molecule has 0 radical (unpaired) electrons. The fraction of sp³-hybridized carbons (Fsp3) is 0.455. The van der Waals surface area contributed by atoms with Crippen molar-refractivity contribution in [3.05, 3.63) is 28.3 Å². The van der Waals surface area contributed by atoms with Crippen molar-refractivity contribution in [1.29, 1.82) is 0 Å². The molecule has 1 aliphatic heterocycles. The Kier molecular flexibility index (Phi) is 3.26. The van der Waals surface area contributed by atoms with Crippen molar-refractivity contribution >= 4 is 17.2 Å². The molecule has 1 saturated heterocycles. The summed E-state index contributed by atoms with van der Waals surface area (Å²) in [5, 5.41) is 14.0. The Labute approximate surface area is 109 Å². The Balaban J connectivity index is 1.64. The molecule has 4 N–H and O–H groups in total. The van der Waals surface area contributed by atoms with Gasteiger partial charge < -0.3 is 16.4 Å². The van der Waals surface area contributed by atoms with Crippen LogP contribution < -0.4 is 16.4 Å². The first-order valence-electron chi connectivity index (χ1n) is 5.98. The van der Waals surface area contributed by atoms with Crippen LogP contribution in [0.1, 0.15) is 16.7 Å². The van der Waals surface area contributed by atoms with Crippen LogP contribution >= 0.6 is 11.3 Å². The third kappa shape index (κ3) is 2.24. The number of aromatic nitrogens is 3. The second kappa shape index (κ2) is 5.05. The molecule has 1 fully saturated rings. The second-order valence-corrected chi connectivity index (χ2v) is 5.21. The Morgan fingerprint density at radius 1 is 1.56 bits per heavy atom. The maximum absolute atomic E-state index is 5.55. The van der Waals surface area contributed by atoms with Crippen LogP contribution in [-0.2, 0) is 13.1 Å². The van der Waals surface area contributed by atoms with Crippen molar-refractivity contribution in [2.45, 2.75) is 19.1 Å². The molecule has 1 aliphatic rings. The van der Waals surface area contributed by atoms with Gasteiger partial charge in [-0.15, -0.1) is 11.3 Å². The summed E-state index contributed by atoms with van der Waals surface area (Å²) in [7, 11) is 0. The Bertz CT molecular complexity index is 515. The molecule has 0 spiro atoms. The quantitative estimate of drug-likeness (QED) is 0.735. The van der Waals surface area contributed by atoms with Crippen molar-refractivity contribution in [2.24, 2.45) is 5.73 Å². The molecule has 6 nitrogen and oxygen atoms in total. The van der Waals surface area contributed by atoms with E-state index >= 15 is 0 Å². The number of nitrogens with two attached hydrogens (primary N) is 1. The number of hydrogen-bond acceptors (Lipinski definition) is 6. The highest BCUT2D eigenvalue weighted by Crippen LogP contribution is 2.18. The van der Waals surface area contributed by atoms with Gasteiger partial charge in [0.15, 0.2) is 0 Å². The SMILES string of the molecule is NCc1nc(CNc2ccnn2C2CNC2)cs1. The molecule has 0 saturated carbocycles. The van der Waals surface area contributed by atoms with E-state index in [-0.39, 0.29) is 0 Å². The molecular weight excluding hydrogens is 248 g/mol. The van der Waals surface area contributed by atoms with E-state index in [1.807, 2.05) is 22.3 Å². The van der Waals surface area contributed by atoms with E-state index < -0.39 is 0 Å². The summed E-state index contributed by atoms with van der Waals surface area (Å²) < 4.78 is 2.03.